The van der Waals surface area contributed by atoms with Crippen molar-refractivity contribution in [2.45, 2.75) is 32.2 Å². The average Bonchev–Trinajstić information content (AvgIpc) is 2.73. The normalized spacial score (nSPS) is 12.6. The summed E-state index contributed by atoms with van der Waals surface area (Å²) >= 11 is 1.68. The first-order valence-electron chi connectivity index (χ1n) is 5.79. The molecular formula is C13H17N3S. The largest absolute Gasteiger partial charge is 0.327 e. The standard InChI is InChI=1S/C13H17N3S/c1-10-16-13(9-17-10)7-12(14)5-4-11-3-2-6-15-8-11/h2-3,6,8-9,12H,4-5,7,14H2,1H3. The van der Waals surface area contributed by atoms with Gasteiger partial charge in [0.15, 0.2) is 0 Å². The molecule has 4 heteroatoms. The molecule has 1 unspecified atom stereocenters. The van der Waals surface area contributed by atoms with Crippen molar-refractivity contribution in [1.82, 2.24) is 9.97 Å². The molecule has 3 nitrogen and oxygen atoms in total. The Kier molecular flexibility index (Phi) is 4.23. The molecule has 90 valence electrons. The summed E-state index contributed by atoms with van der Waals surface area (Å²) in [6.45, 7) is 2.02. The van der Waals surface area contributed by atoms with Gasteiger partial charge in [-0.2, -0.15) is 0 Å². The summed E-state index contributed by atoms with van der Waals surface area (Å²) in [5.41, 5.74) is 8.47. The molecule has 1 atom stereocenters. The molecule has 2 aromatic heterocycles. The Morgan fingerprint density at radius 2 is 2.35 bits per heavy atom. The quantitative estimate of drug-likeness (QED) is 0.882. The van der Waals surface area contributed by atoms with Gasteiger partial charge in [0, 0.05) is 30.2 Å². The Bertz CT molecular complexity index is 453. The van der Waals surface area contributed by atoms with Gasteiger partial charge in [0.25, 0.3) is 0 Å². The zero-order chi connectivity index (χ0) is 12.1. The first-order chi connectivity index (χ1) is 8.24. The molecule has 2 rings (SSSR count). The highest BCUT2D eigenvalue weighted by Crippen LogP contribution is 2.11. The van der Waals surface area contributed by atoms with Crippen LogP contribution < -0.4 is 5.73 Å². The number of nitrogens with zero attached hydrogens (tertiary/aromatic N) is 2. The van der Waals surface area contributed by atoms with Crippen molar-refractivity contribution in [2.24, 2.45) is 5.73 Å². The fourth-order valence-corrected chi connectivity index (χ4v) is 2.40. The van der Waals surface area contributed by atoms with E-state index in [4.69, 9.17) is 5.73 Å². The van der Waals surface area contributed by atoms with Crippen LogP contribution in [-0.2, 0) is 12.8 Å². The summed E-state index contributed by atoms with van der Waals surface area (Å²) in [5.74, 6) is 0. The summed E-state index contributed by atoms with van der Waals surface area (Å²) in [6.07, 6.45) is 6.52. The van der Waals surface area contributed by atoms with E-state index in [1.54, 1.807) is 17.5 Å². The van der Waals surface area contributed by atoms with Gasteiger partial charge in [-0.15, -0.1) is 11.3 Å². The van der Waals surface area contributed by atoms with Gasteiger partial charge in [-0.3, -0.25) is 4.98 Å². The minimum Gasteiger partial charge on any atom is -0.327 e. The van der Waals surface area contributed by atoms with Gasteiger partial charge in [0.05, 0.1) is 10.7 Å². The Balaban J connectivity index is 1.80. The van der Waals surface area contributed by atoms with E-state index in [1.165, 1.54) is 5.56 Å². The number of hydrogen-bond donors (Lipinski definition) is 1. The monoisotopic (exact) mass is 247 g/mol. The second-order valence-electron chi connectivity index (χ2n) is 4.22. The van der Waals surface area contributed by atoms with Crippen molar-refractivity contribution >= 4 is 11.3 Å². The molecule has 0 aliphatic heterocycles. The molecule has 0 aliphatic rings. The number of thiazole rings is 1. The Hall–Kier alpha value is -1.26. The van der Waals surface area contributed by atoms with Crippen LogP contribution in [0.25, 0.3) is 0 Å². The predicted octanol–water partition coefficient (Wildman–Crippen LogP) is 2.35. The molecule has 2 N–H and O–H groups in total. The van der Waals surface area contributed by atoms with Crippen molar-refractivity contribution in [1.29, 1.82) is 0 Å². The topological polar surface area (TPSA) is 51.8 Å². The van der Waals surface area contributed by atoms with E-state index in [0.717, 1.165) is 30.0 Å². The van der Waals surface area contributed by atoms with E-state index in [0.29, 0.717) is 0 Å². The highest BCUT2D eigenvalue weighted by Gasteiger charge is 2.07. The zero-order valence-electron chi connectivity index (χ0n) is 9.97. The zero-order valence-corrected chi connectivity index (χ0v) is 10.8. The van der Waals surface area contributed by atoms with Gasteiger partial charge in [-0.05, 0) is 31.4 Å². The van der Waals surface area contributed by atoms with E-state index < -0.39 is 0 Å². The van der Waals surface area contributed by atoms with Gasteiger partial charge >= 0.3 is 0 Å². The molecular weight excluding hydrogens is 230 g/mol. The molecule has 0 radical (unpaired) electrons. The summed E-state index contributed by atoms with van der Waals surface area (Å²) in [5, 5.41) is 3.21. The predicted molar refractivity (Wildman–Crippen MR) is 71.1 cm³/mol. The first kappa shape index (κ1) is 12.2. The molecule has 0 aromatic carbocycles. The van der Waals surface area contributed by atoms with E-state index in [2.05, 4.69) is 21.4 Å². The van der Waals surface area contributed by atoms with Crippen LogP contribution in [0.3, 0.4) is 0 Å². The Labute approximate surface area is 106 Å². The van der Waals surface area contributed by atoms with E-state index in [1.807, 2.05) is 19.2 Å². The van der Waals surface area contributed by atoms with E-state index in [9.17, 15) is 0 Å². The van der Waals surface area contributed by atoms with Gasteiger partial charge in [-0.1, -0.05) is 6.07 Å². The van der Waals surface area contributed by atoms with Gasteiger partial charge in [-0.25, -0.2) is 4.98 Å². The molecule has 2 heterocycles. The smallest absolute Gasteiger partial charge is 0.0897 e. The minimum absolute atomic E-state index is 0.178. The fourth-order valence-electron chi connectivity index (χ4n) is 1.77. The average molecular weight is 247 g/mol. The molecule has 0 aliphatic carbocycles. The fraction of sp³-hybridized carbons (Fsp3) is 0.385. The second-order valence-corrected chi connectivity index (χ2v) is 5.28. The van der Waals surface area contributed by atoms with Gasteiger partial charge in [0.1, 0.15) is 0 Å². The summed E-state index contributed by atoms with van der Waals surface area (Å²) in [6, 6.07) is 4.23. The van der Waals surface area contributed by atoms with Crippen LogP contribution in [0.5, 0.6) is 0 Å². The third-order valence-electron chi connectivity index (χ3n) is 2.66. The number of aryl methyl sites for hydroxylation is 2. The van der Waals surface area contributed by atoms with Crippen molar-refractivity contribution < 1.29 is 0 Å². The molecule has 0 bridgehead atoms. The molecule has 0 spiro atoms. The van der Waals surface area contributed by atoms with Crippen molar-refractivity contribution in [2.75, 3.05) is 0 Å². The molecule has 2 aromatic rings. The lowest BCUT2D eigenvalue weighted by atomic mass is 10.0. The number of rotatable bonds is 5. The summed E-state index contributed by atoms with van der Waals surface area (Å²) < 4.78 is 0. The lowest BCUT2D eigenvalue weighted by Gasteiger charge is -2.09. The highest BCUT2D eigenvalue weighted by atomic mass is 32.1. The van der Waals surface area contributed by atoms with Gasteiger partial charge in [0.2, 0.25) is 0 Å². The van der Waals surface area contributed by atoms with Gasteiger partial charge < -0.3 is 5.73 Å². The van der Waals surface area contributed by atoms with E-state index in [-0.39, 0.29) is 6.04 Å². The van der Waals surface area contributed by atoms with Crippen LogP contribution in [0.15, 0.2) is 29.9 Å². The summed E-state index contributed by atoms with van der Waals surface area (Å²) in [7, 11) is 0. The highest BCUT2D eigenvalue weighted by molar-refractivity contribution is 7.09. The number of hydrogen-bond acceptors (Lipinski definition) is 4. The third-order valence-corrected chi connectivity index (χ3v) is 3.49. The van der Waals surface area contributed by atoms with Crippen LogP contribution in [0.4, 0.5) is 0 Å². The maximum absolute atomic E-state index is 6.11. The maximum atomic E-state index is 6.11. The molecule has 0 saturated carbocycles. The third kappa shape index (κ3) is 3.91. The van der Waals surface area contributed by atoms with Crippen LogP contribution in [0.1, 0.15) is 22.7 Å². The van der Waals surface area contributed by atoms with Crippen LogP contribution in [-0.4, -0.2) is 16.0 Å². The van der Waals surface area contributed by atoms with Crippen molar-refractivity contribution in [3.05, 3.63) is 46.2 Å². The molecule has 0 fully saturated rings. The number of aromatic nitrogens is 2. The lowest BCUT2D eigenvalue weighted by molar-refractivity contribution is 0.603. The molecule has 17 heavy (non-hydrogen) atoms. The van der Waals surface area contributed by atoms with Crippen LogP contribution in [0, 0.1) is 6.92 Å². The van der Waals surface area contributed by atoms with Crippen molar-refractivity contribution in [3.8, 4) is 0 Å². The van der Waals surface area contributed by atoms with Crippen molar-refractivity contribution in [3.63, 3.8) is 0 Å². The summed E-state index contributed by atoms with van der Waals surface area (Å²) in [4.78, 5) is 8.53. The van der Waals surface area contributed by atoms with Crippen LogP contribution in [0.2, 0.25) is 0 Å². The minimum atomic E-state index is 0.178. The SMILES string of the molecule is Cc1nc(CC(N)CCc2cccnc2)cs1. The molecule has 0 amide bonds. The number of pyridine rings is 1. The first-order valence-corrected chi connectivity index (χ1v) is 6.67. The maximum Gasteiger partial charge on any atom is 0.0897 e. The molecule has 0 saturated heterocycles. The lowest BCUT2D eigenvalue weighted by Crippen LogP contribution is -2.23. The Morgan fingerprint density at radius 3 is 3.00 bits per heavy atom. The second kappa shape index (κ2) is 5.89. The van der Waals surface area contributed by atoms with Crippen LogP contribution >= 0.6 is 11.3 Å². The van der Waals surface area contributed by atoms with E-state index >= 15 is 0 Å². The Morgan fingerprint density at radius 1 is 1.47 bits per heavy atom. The number of nitrogens with two attached hydrogens (primary N) is 1.